The second-order valence-corrected chi connectivity index (χ2v) is 5.93. The van der Waals surface area contributed by atoms with Crippen molar-refractivity contribution in [1.29, 1.82) is 0 Å². The molecular weight excluding hydrogens is 281 g/mol. The molecule has 19 heavy (non-hydrogen) atoms. The second-order valence-electron chi connectivity index (χ2n) is 4.40. The zero-order valence-electron chi connectivity index (χ0n) is 10.6. The van der Waals surface area contributed by atoms with E-state index in [1.165, 1.54) is 11.6 Å². The average molecular weight is 296 g/mol. The van der Waals surface area contributed by atoms with E-state index in [9.17, 15) is 4.39 Å². The van der Waals surface area contributed by atoms with Gasteiger partial charge < -0.3 is 5.73 Å². The number of thioether (sulfide) groups is 1. The SMILES string of the molecule is Cc1ccc(SCC(N)c2ccc(Cl)cc2F)cc1. The van der Waals surface area contributed by atoms with Crippen LogP contribution in [0.3, 0.4) is 0 Å². The summed E-state index contributed by atoms with van der Waals surface area (Å²) in [5.74, 6) is 0.284. The molecule has 2 aromatic carbocycles. The molecule has 0 radical (unpaired) electrons. The van der Waals surface area contributed by atoms with Gasteiger partial charge in [0.2, 0.25) is 0 Å². The maximum absolute atomic E-state index is 13.7. The number of nitrogens with two attached hydrogens (primary N) is 1. The molecule has 0 aromatic heterocycles. The quantitative estimate of drug-likeness (QED) is 0.836. The average Bonchev–Trinajstić information content (AvgIpc) is 2.37. The Balaban J connectivity index is 2.01. The van der Waals surface area contributed by atoms with Crippen molar-refractivity contribution in [2.24, 2.45) is 5.73 Å². The van der Waals surface area contributed by atoms with Crippen LogP contribution in [-0.4, -0.2) is 5.75 Å². The molecule has 0 fully saturated rings. The van der Waals surface area contributed by atoms with Crippen molar-refractivity contribution in [1.82, 2.24) is 0 Å². The van der Waals surface area contributed by atoms with Crippen molar-refractivity contribution >= 4 is 23.4 Å². The van der Waals surface area contributed by atoms with Crippen LogP contribution in [-0.2, 0) is 0 Å². The van der Waals surface area contributed by atoms with Gasteiger partial charge in [0, 0.05) is 27.3 Å². The molecule has 0 spiro atoms. The fourth-order valence-corrected chi connectivity index (χ4v) is 2.75. The van der Waals surface area contributed by atoms with Crippen LogP contribution in [0.4, 0.5) is 4.39 Å². The molecule has 0 aliphatic carbocycles. The van der Waals surface area contributed by atoms with Gasteiger partial charge in [0.1, 0.15) is 5.82 Å². The molecule has 0 heterocycles. The molecule has 0 saturated carbocycles. The van der Waals surface area contributed by atoms with Gasteiger partial charge in [0.25, 0.3) is 0 Å². The third-order valence-electron chi connectivity index (χ3n) is 2.81. The van der Waals surface area contributed by atoms with Crippen molar-refractivity contribution in [3.63, 3.8) is 0 Å². The summed E-state index contributed by atoms with van der Waals surface area (Å²) in [6.07, 6.45) is 0. The van der Waals surface area contributed by atoms with Gasteiger partial charge >= 0.3 is 0 Å². The Morgan fingerprint density at radius 3 is 2.53 bits per heavy atom. The molecule has 0 saturated heterocycles. The lowest BCUT2D eigenvalue weighted by atomic mass is 10.1. The molecule has 0 amide bonds. The van der Waals surface area contributed by atoms with Crippen LogP contribution in [0.1, 0.15) is 17.2 Å². The number of hydrogen-bond donors (Lipinski definition) is 1. The molecule has 0 aliphatic heterocycles. The zero-order valence-corrected chi connectivity index (χ0v) is 12.1. The van der Waals surface area contributed by atoms with Crippen LogP contribution in [0.5, 0.6) is 0 Å². The Morgan fingerprint density at radius 2 is 1.89 bits per heavy atom. The van der Waals surface area contributed by atoms with Gasteiger partial charge in [-0.2, -0.15) is 0 Å². The number of halogens is 2. The monoisotopic (exact) mass is 295 g/mol. The van der Waals surface area contributed by atoms with Crippen LogP contribution in [0, 0.1) is 12.7 Å². The second kappa shape index (κ2) is 6.42. The topological polar surface area (TPSA) is 26.0 Å². The molecule has 0 aliphatic rings. The van der Waals surface area contributed by atoms with Crippen LogP contribution in [0.2, 0.25) is 5.02 Å². The highest BCUT2D eigenvalue weighted by Gasteiger charge is 2.12. The van der Waals surface area contributed by atoms with Crippen molar-refractivity contribution < 1.29 is 4.39 Å². The van der Waals surface area contributed by atoms with Crippen molar-refractivity contribution in [3.05, 3.63) is 64.4 Å². The fourth-order valence-electron chi connectivity index (χ4n) is 1.71. The Labute approximate surface area is 122 Å². The third-order valence-corrected chi connectivity index (χ3v) is 4.18. The van der Waals surface area contributed by atoms with Crippen molar-refractivity contribution in [3.8, 4) is 0 Å². The lowest BCUT2D eigenvalue weighted by Gasteiger charge is -2.13. The summed E-state index contributed by atoms with van der Waals surface area (Å²) in [5, 5.41) is 0.389. The molecule has 100 valence electrons. The number of hydrogen-bond acceptors (Lipinski definition) is 2. The van der Waals surface area contributed by atoms with Crippen LogP contribution in [0.25, 0.3) is 0 Å². The van der Waals surface area contributed by atoms with E-state index in [0.717, 1.165) is 4.90 Å². The molecule has 1 unspecified atom stereocenters. The predicted octanol–water partition coefficient (Wildman–Crippen LogP) is 4.58. The Bertz CT molecular complexity index is 557. The zero-order chi connectivity index (χ0) is 13.8. The van der Waals surface area contributed by atoms with Gasteiger partial charge in [-0.1, -0.05) is 35.4 Å². The lowest BCUT2D eigenvalue weighted by Crippen LogP contribution is -2.14. The summed E-state index contributed by atoms with van der Waals surface area (Å²) in [4.78, 5) is 1.13. The van der Waals surface area contributed by atoms with E-state index in [2.05, 4.69) is 12.1 Å². The first-order valence-corrected chi connectivity index (χ1v) is 7.32. The molecule has 4 heteroatoms. The van der Waals surface area contributed by atoms with E-state index < -0.39 is 0 Å². The van der Waals surface area contributed by atoms with E-state index in [0.29, 0.717) is 16.3 Å². The highest BCUT2D eigenvalue weighted by Crippen LogP contribution is 2.26. The van der Waals surface area contributed by atoms with Gasteiger partial charge in [-0.05, 0) is 31.2 Å². The van der Waals surface area contributed by atoms with E-state index >= 15 is 0 Å². The van der Waals surface area contributed by atoms with Gasteiger partial charge in [0.05, 0.1) is 0 Å². The first-order chi connectivity index (χ1) is 9.06. The number of benzene rings is 2. The third kappa shape index (κ3) is 3.96. The smallest absolute Gasteiger partial charge is 0.129 e. The first kappa shape index (κ1) is 14.4. The van der Waals surface area contributed by atoms with Crippen molar-refractivity contribution in [2.45, 2.75) is 17.9 Å². The van der Waals surface area contributed by atoms with Gasteiger partial charge in [-0.25, -0.2) is 4.39 Å². The largest absolute Gasteiger partial charge is 0.323 e. The van der Waals surface area contributed by atoms with E-state index in [1.807, 2.05) is 19.1 Å². The van der Waals surface area contributed by atoms with E-state index in [-0.39, 0.29) is 11.9 Å². The number of rotatable bonds is 4. The summed E-state index contributed by atoms with van der Waals surface area (Å²) in [6, 6.07) is 12.5. The van der Waals surface area contributed by atoms with Crippen LogP contribution in [0.15, 0.2) is 47.4 Å². The minimum absolute atomic E-state index is 0.343. The minimum Gasteiger partial charge on any atom is -0.323 e. The van der Waals surface area contributed by atoms with Crippen LogP contribution >= 0.6 is 23.4 Å². The highest BCUT2D eigenvalue weighted by atomic mass is 35.5. The van der Waals surface area contributed by atoms with Crippen molar-refractivity contribution in [2.75, 3.05) is 5.75 Å². The standard InChI is InChI=1S/C15H15ClFNS/c1-10-2-5-12(6-3-10)19-9-15(18)13-7-4-11(16)8-14(13)17/h2-8,15H,9,18H2,1H3. The number of aryl methyl sites for hydroxylation is 1. The molecule has 1 atom stereocenters. The summed E-state index contributed by atoms with van der Waals surface area (Å²) in [7, 11) is 0. The predicted molar refractivity (Wildman–Crippen MR) is 80.2 cm³/mol. The Hall–Kier alpha value is -1.03. The summed E-state index contributed by atoms with van der Waals surface area (Å²) < 4.78 is 13.7. The summed E-state index contributed by atoms with van der Waals surface area (Å²) >= 11 is 7.34. The summed E-state index contributed by atoms with van der Waals surface area (Å²) in [5.41, 5.74) is 7.74. The van der Waals surface area contributed by atoms with Gasteiger partial charge in [-0.15, -0.1) is 11.8 Å². The normalized spacial score (nSPS) is 12.4. The first-order valence-electron chi connectivity index (χ1n) is 5.96. The molecule has 0 bridgehead atoms. The van der Waals surface area contributed by atoms with E-state index in [1.54, 1.807) is 23.9 Å². The minimum atomic E-state index is -0.344. The van der Waals surface area contributed by atoms with Crippen LogP contribution < -0.4 is 5.73 Å². The molecule has 2 N–H and O–H groups in total. The molecule has 2 rings (SSSR count). The highest BCUT2D eigenvalue weighted by molar-refractivity contribution is 7.99. The van der Waals surface area contributed by atoms with Gasteiger partial charge in [-0.3, -0.25) is 0 Å². The lowest BCUT2D eigenvalue weighted by molar-refractivity contribution is 0.595. The molecule has 1 nitrogen and oxygen atoms in total. The Morgan fingerprint density at radius 1 is 1.21 bits per heavy atom. The fraction of sp³-hybridized carbons (Fsp3) is 0.200. The maximum Gasteiger partial charge on any atom is 0.129 e. The molecule has 2 aromatic rings. The summed E-state index contributed by atoms with van der Waals surface area (Å²) in [6.45, 7) is 2.04. The molecular formula is C15H15ClFNS. The Kier molecular flexibility index (Phi) is 4.86. The maximum atomic E-state index is 13.7. The van der Waals surface area contributed by atoms with E-state index in [4.69, 9.17) is 17.3 Å². The van der Waals surface area contributed by atoms with Gasteiger partial charge in [0.15, 0.2) is 0 Å².